The third kappa shape index (κ3) is 3.69. The van der Waals surface area contributed by atoms with Crippen molar-refractivity contribution in [2.45, 2.75) is 51.7 Å². The van der Waals surface area contributed by atoms with Gasteiger partial charge in [-0.05, 0) is 39.0 Å². The smallest absolute Gasteiger partial charge is 0.0754 e. The molecule has 0 bridgehead atoms. The second kappa shape index (κ2) is 6.06. The van der Waals surface area contributed by atoms with Gasteiger partial charge in [-0.2, -0.15) is 0 Å². The first-order chi connectivity index (χ1) is 6.79. The molecule has 0 radical (unpaired) electrons. The van der Waals surface area contributed by atoms with Gasteiger partial charge in [-0.3, -0.25) is 0 Å². The van der Waals surface area contributed by atoms with Crippen molar-refractivity contribution < 1.29 is 4.74 Å². The van der Waals surface area contributed by atoms with Crippen molar-refractivity contribution in [3.8, 4) is 11.8 Å². The molecule has 0 aromatic rings. The number of hydrogen-bond acceptors (Lipinski definition) is 2. The first-order valence-corrected chi connectivity index (χ1v) is 5.56. The highest BCUT2D eigenvalue weighted by atomic mass is 16.5. The van der Waals surface area contributed by atoms with Crippen LogP contribution >= 0.6 is 0 Å². The zero-order valence-electron chi connectivity index (χ0n) is 9.25. The monoisotopic (exact) mass is 195 g/mol. The van der Waals surface area contributed by atoms with Gasteiger partial charge in [-0.15, -0.1) is 11.8 Å². The van der Waals surface area contributed by atoms with Gasteiger partial charge in [-0.25, -0.2) is 0 Å². The molecule has 1 fully saturated rings. The molecule has 0 aromatic heterocycles. The summed E-state index contributed by atoms with van der Waals surface area (Å²) in [5, 5.41) is 0. The lowest BCUT2D eigenvalue weighted by Gasteiger charge is -2.22. The summed E-state index contributed by atoms with van der Waals surface area (Å²) in [6, 6.07) is 0.170. The predicted molar refractivity (Wildman–Crippen MR) is 58.8 cm³/mol. The number of ether oxygens (including phenoxy) is 1. The summed E-state index contributed by atoms with van der Waals surface area (Å²) in [5.41, 5.74) is 6.09. The standard InChI is InChI=1S/C12H21NO/c1-3-5-6-7-11(13)12(14-4-2)10-8-9-10/h10-12H,4,6-9,13H2,1-2H3. The minimum absolute atomic E-state index is 0.170. The van der Waals surface area contributed by atoms with Gasteiger partial charge in [-0.1, -0.05) is 0 Å². The van der Waals surface area contributed by atoms with Crippen molar-refractivity contribution in [3.05, 3.63) is 0 Å². The van der Waals surface area contributed by atoms with Gasteiger partial charge >= 0.3 is 0 Å². The van der Waals surface area contributed by atoms with Crippen LogP contribution in [0.1, 0.15) is 39.5 Å². The van der Waals surface area contributed by atoms with E-state index < -0.39 is 0 Å². The Balaban J connectivity index is 2.28. The Labute approximate surface area is 87.2 Å². The molecule has 0 heterocycles. The van der Waals surface area contributed by atoms with Gasteiger partial charge in [0, 0.05) is 19.1 Å². The Morgan fingerprint density at radius 1 is 1.50 bits per heavy atom. The Kier molecular flexibility index (Phi) is 5.00. The zero-order chi connectivity index (χ0) is 10.4. The molecule has 1 saturated carbocycles. The lowest BCUT2D eigenvalue weighted by Crippen LogP contribution is -2.38. The fourth-order valence-electron chi connectivity index (χ4n) is 1.75. The molecule has 2 N–H and O–H groups in total. The molecule has 0 spiro atoms. The van der Waals surface area contributed by atoms with E-state index in [1.54, 1.807) is 0 Å². The summed E-state index contributed by atoms with van der Waals surface area (Å²) < 4.78 is 5.69. The van der Waals surface area contributed by atoms with Crippen molar-refractivity contribution in [3.63, 3.8) is 0 Å². The Bertz CT molecular complexity index is 212. The van der Waals surface area contributed by atoms with Gasteiger partial charge in [0.2, 0.25) is 0 Å². The van der Waals surface area contributed by atoms with Crippen molar-refractivity contribution in [1.82, 2.24) is 0 Å². The average molecular weight is 195 g/mol. The SMILES string of the molecule is CC#CCCC(N)C(OCC)C1CC1. The topological polar surface area (TPSA) is 35.2 Å². The predicted octanol–water partition coefficient (Wildman–Crippen LogP) is 1.93. The van der Waals surface area contributed by atoms with E-state index in [1.165, 1.54) is 12.8 Å². The van der Waals surface area contributed by atoms with Crippen LogP contribution in [0.4, 0.5) is 0 Å². The second-order valence-corrected chi connectivity index (χ2v) is 3.89. The van der Waals surface area contributed by atoms with Crippen molar-refractivity contribution in [2.75, 3.05) is 6.61 Å². The van der Waals surface area contributed by atoms with E-state index in [0.29, 0.717) is 0 Å². The molecule has 2 heteroatoms. The lowest BCUT2D eigenvalue weighted by molar-refractivity contribution is 0.0271. The summed E-state index contributed by atoms with van der Waals surface area (Å²) in [6.45, 7) is 4.68. The molecule has 1 rings (SSSR count). The molecule has 1 aliphatic carbocycles. The molecule has 2 unspecified atom stereocenters. The van der Waals surface area contributed by atoms with Gasteiger partial charge in [0.05, 0.1) is 6.10 Å². The first kappa shape index (κ1) is 11.6. The Hall–Kier alpha value is -0.520. The van der Waals surface area contributed by atoms with Crippen LogP contribution in [0.3, 0.4) is 0 Å². The highest BCUT2D eigenvalue weighted by molar-refractivity contribution is 4.97. The van der Waals surface area contributed by atoms with Gasteiger partial charge < -0.3 is 10.5 Å². The van der Waals surface area contributed by atoms with Gasteiger partial charge in [0.15, 0.2) is 0 Å². The Morgan fingerprint density at radius 2 is 2.21 bits per heavy atom. The molecule has 2 atom stereocenters. The average Bonchev–Trinajstić information content (AvgIpc) is 2.98. The normalized spacial score (nSPS) is 19.6. The quantitative estimate of drug-likeness (QED) is 0.657. The lowest BCUT2D eigenvalue weighted by atomic mass is 10.0. The first-order valence-electron chi connectivity index (χ1n) is 5.56. The summed E-state index contributed by atoms with van der Waals surface area (Å²) in [4.78, 5) is 0. The highest BCUT2D eigenvalue weighted by Gasteiger charge is 2.35. The van der Waals surface area contributed by atoms with E-state index in [-0.39, 0.29) is 12.1 Å². The van der Waals surface area contributed by atoms with Crippen molar-refractivity contribution >= 4 is 0 Å². The van der Waals surface area contributed by atoms with Crippen LogP contribution in [0.5, 0.6) is 0 Å². The number of rotatable bonds is 6. The van der Waals surface area contributed by atoms with Crippen LogP contribution in [-0.4, -0.2) is 18.8 Å². The third-order valence-electron chi connectivity index (χ3n) is 2.65. The molecule has 0 aliphatic heterocycles. The molecule has 0 saturated heterocycles. The minimum atomic E-state index is 0.170. The molecular formula is C12H21NO. The largest absolute Gasteiger partial charge is 0.377 e. The fourth-order valence-corrected chi connectivity index (χ4v) is 1.75. The number of nitrogens with two attached hydrogens (primary N) is 1. The summed E-state index contributed by atoms with van der Waals surface area (Å²) in [7, 11) is 0. The van der Waals surface area contributed by atoms with Crippen LogP contribution in [0.2, 0.25) is 0 Å². The highest BCUT2D eigenvalue weighted by Crippen LogP contribution is 2.36. The van der Waals surface area contributed by atoms with E-state index in [1.807, 2.05) is 13.8 Å². The minimum Gasteiger partial charge on any atom is -0.377 e. The van der Waals surface area contributed by atoms with E-state index in [0.717, 1.165) is 25.4 Å². The third-order valence-corrected chi connectivity index (χ3v) is 2.65. The molecule has 80 valence electrons. The fraction of sp³-hybridized carbons (Fsp3) is 0.833. The molecule has 0 amide bonds. The maximum absolute atomic E-state index is 6.09. The van der Waals surface area contributed by atoms with E-state index in [4.69, 9.17) is 10.5 Å². The molecule has 0 aromatic carbocycles. The molecule has 2 nitrogen and oxygen atoms in total. The van der Waals surface area contributed by atoms with Crippen LogP contribution < -0.4 is 5.73 Å². The van der Waals surface area contributed by atoms with Crippen LogP contribution in [0, 0.1) is 17.8 Å². The Morgan fingerprint density at radius 3 is 2.71 bits per heavy atom. The van der Waals surface area contributed by atoms with Crippen LogP contribution in [0.25, 0.3) is 0 Å². The summed E-state index contributed by atoms with van der Waals surface area (Å²) in [5.74, 6) is 6.66. The second-order valence-electron chi connectivity index (χ2n) is 3.89. The maximum Gasteiger partial charge on any atom is 0.0754 e. The maximum atomic E-state index is 6.09. The van der Waals surface area contributed by atoms with Gasteiger partial charge in [0.1, 0.15) is 0 Å². The van der Waals surface area contributed by atoms with Crippen LogP contribution in [-0.2, 0) is 4.74 Å². The van der Waals surface area contributed by atoms with Crippen LogP contribution in [0.15, 0.2) is 0 Å². The summed E-state index contributed by atoms with van der Waals surface area (Å²) in [6.07, 6.45) is 4.71. The van der Waals surface area contributed by atoms with Crippen molar-refractivity contribution in [1.29, 1.82) is 0 Å². The summed E-state index contributed by atoms with van der Waals surface area (Å²) >= 11 is 0. The van der Waals surface area contributed by atoms with E-state index in [9.17, 15) is 0 Å². The molecule has 14 heavy (non-hydrogen) atoms. The van der Waals surface area contributed by atoms with E-state index >= 15 is 0 Å². The van der Waals surface area contributed by atoms with Crippen molar-refractivity contribution in [2.24, 2.45) is 11.7 Å². The molecular weight excluding hydrogens is 174 g/mol. The van der Waals surface area contributed by atoms with Gasteiger partial charge in [0.25, 0.3) is 0 Å². The number of hydrogen-bond donors (Lipinski definition) is 1. The molecule has 1 aliphatic rings. The zero-order valence-corrected chi connectivity index (χ0v) is 9.25. The van der Waals surface area contributed by atoms with E-state index in [2.05, 4.69) is 11.8 Å².